The summed E-state index contributed by atoms with van der Waals surface area (Å²) in [5.74, 6) is 0. The third-order valence-electron chi connectivity index (χ3n) is 3.74. The first-order valence-electron chi connectivity index (χ1n) is 7.30. The highest BCUT2D eigenvalue weighted by Crippen LogP contribution is 2.00. The first-order valence-corrected chi connectivity index (χ1v) is 8.80. The second-order valence-corrected chi connectivity index (χ2v) is 7.96. The van der Waals surface area contributed by atoms with Crippen LogP contribution in [-0.4, -0.2) is 8.80 Å². The van der Waals surface area contributed by atoms with Crippen LogP contribution in [0.2, 0.25) is 0 Å². The maximum absolute atomic E-state index is 2.29. The van der Waals surface area contributed by atoms with Gasteiger partial charge in [-0.3, -0.25) is 0 Å². The summed E-state index contributed by atoms with van der Waals surface area (Å²) >= 11 is 0. The van der Waals surface area contributed by atoms with Gasteiger partial charge < -0.3 is 0 Å². The van der Waals surface area contributed by atoms with E-state index < -0.39 is 8.80 Å². The lowest BCUT2D eigenvalue weighted by Gasteiger charge is -2.17. The molecule has 0 spiro atoms. The minimum absolute atomic E-state index is 0.910. The lowest BCUT2D eigenvalue weighted by molar-refractivity contribution is 1.48. The number of rotatable bonds is 3. The van der Waals surface area contributed by atoms with Gasteiger partial charge in [-0.2, -0.15) is 0 Å². The highest BCUT2D eigenvalue weighted by molar-refractivity contribution is 6.95. The monoisotopic (exact) mass is 287 g/mol. The zero-order chi connectivity index (χ0) is 14.7. The number of hydrogen-bond acceptors (Lipinski definition) is 0. The minimum Gasteiger partial charge on any atom is -0.0624 e. The first kappa shape index (κ1) is 13.8. The molecule has 3 aromatic carbocycles. The van der Waals surface area contributed by atoms with Crippen LogP contribution in [0.4, 0.5) is 0 Å². The highest BCUT2D eigenvalue weighted by atomic mass is 28.3. The Kier molecular flexibility index (Phi) is 4.02. The lowest BCUT2D eigenvalue weighted by Crippen LogP contribution is -2.51. The van der Waals surface area contributed by atoms with Crippen molar-refractivity contribution in [2.45, 2.75) is 13.8 Å². The molecule has 0 heterocycles. The van der Waals surface area contributed by atoms with Crippen LogP contribution in [0.5, 0.6) is 0 Å². The second-order valence-electron chi connectivity index (χ2n) is 5.47. The number of aryl methyl sites for hydroxylation is 2. The molecule has 103 valence electrons. The van der Waals surface area contributed by atoms with Gasteiger partial charge in [0.05, 0.1) is 0 Å². The molecule has 1 radical (unpaired) electrons. The van der Waals surface area contributed by atoms with Gasteiger partial charge in [0, 0.05) is 0 Å². The first-order chi connectivity index (χ1) is 10.2. The van der Waals surface area contributed by atoms with Gasteiger partial charge in [0.1, 0.15) is 0 Å². The maximum Gasteiger partial charge on any atom is 0.154 e. The predicted molar refractivity (Wildman–Crippen MR) is 93.5 cm³/mol. The van der Waals surface area contributed by atoms with Crippen molar-refractivity contribution in [1.29, 1.82) is 0 Å². The fraction of sp³-hybridized carbons (Fsp3) is 0.100. The van der Waals surface area contributed by atoms with Gasteiger partial charge in [-0.1, -0.05) is 106 Å². The van der Waals surface area contributed by atoms with E-state index in [0.717, 1.165) is 0 Å². The average molecular weight is 287 g/mol. The molecule has 3 rings (SSSR count). The van der Waals surface area contributed by atoms with Crippen LogP contribution in [0.15, 0.2) is 78.9 Å². The van der Waals surface area contributed by atoms with E-state index in [1.165, 1.54) is 26.7 Å². The molecule has 0 aliphatic carbocycles. The molecule has 0 saturated heterocycles. The summed E-state index contributed by atoms with van der Waals surface area (Å²) in [7, 11) is -0.910. The zero-order valence-corrected chi connectivity index (χ0v) is 13.5. The van der Waals surface area contributed by atoms with Crippen LogP contribution >= 0.6 is 0 Å². The molecule has 0 N–H and O–H groups in total. The van der Waals surface area contributed by atoms with E-state index in [9.17, 15) is 0 Å². The Labute approximate surface area is 128 Å². The molecule has 0 aliphatic heterocycles. The minimum atomic E-state index is -0.910. The Morgan fingerprint density at radius 1 is 0.476 bits per heavy atom. The normalized spacial score (nSPS) is 10.8. The van der Waals surface area contributed by atoms with Crippen molar-refractivity contribution in [1.82, 2.24) is 0 Å². The summed E-state index contributed by atoms with van der Waals surface area (Å²) in [6.07, 6.45) is 0. The van der Waals surface area contributed by atoms with Crippen LogP contribution in [0, 0.1) is 13.8 Å². The van der Waals surface area contributed by atoms with E-state index in [-0.39, 0.29) is 0 Å². The van der Waals surface area contributed by atoms with Gasteiger partial charge in [0.25, 0.3) is 0 Å². The van der Waals surface area contributed by atoms with Crippen molar-refractivity contribution in [2.24, 2.45) is 0 Å². The van der Waals surface area contributed by atoms with Crippen molar-refractivity contribution < 1.29 is 0 Å². The average Bonchev–Trinajstić information content (AvgIpc) is 2.52. The Morgan fingerprint density at radius 3 is 1.29 bits per heavy atom. The Hall–Kier alpha value is -2.12. The van der Waals surface area contributed by atoms with E-state index in [4.69, 9.17) is 0 Å². The summed E-state index contributed by atoms with van der Waals surface area (Å²) in [4.78, 5) is 0. The summed E-state index contributed by atoms with van der Waals surface area (Å²) in [6, 6.07) is 28.9. The van der Waals surface area contributed by atoms with Gasteiger partial charge in [-0.05, 0) is 13.8 Å². The molecule has 3 aromatic rings. The van der Waals surface area contributed by atoms with Crippen molar-refractivity contribution in [2.75, 3.05) is 0 Å². The summed E-state index contributed by atoms with van der Waals surface area (Å²) < 4.78 is 0. The Morgan fingerprint density at radius 2 is 0.857 bits per heavy atom. The van der Waals surface area contributed by atoms with Crippen LogP contribution in [0.3, 0.4) is 0 Å². The Balaban J connectivity index is 2.11. The molecule has 0 aliphatic rings. The van der Waals surface area contributed by atoms with Gasteiger partial charge in [0.2, 0.25) is 0 Å². The molecule has 0 aromatic heterocycles. The molecular weight excluding hydrogens is 268 g/mol. The SMILES string of the molecule is Cc1ccc([Si](c2ccccc2)c2ccc(C)cc2)cc1. The molecular formula is C20H19Si. The van der Waals surface area contributed by atoms with Crippen molar-refractivity contribution in [3.05, 3.63) is 90.0 Å². The molecule has 0 saturated carbocycles. The van der Waals surface area contributed by atoms with E-state index in [0.29, 0.717) is 0 Å². The molecule has 0 atom stereocenters. The van der Waals surface area contributed by atoms with E-state index in [2.05, 4.69) is 92.7 Å². The Bertz CT molecular complexity index is 652. The van der Waals surface area contributed by atoms with Crippen LogP contribution in [0.1, 0.15) is 11.1 Å². The standard InChI is InChI=1S/C20H19Si/c1-16-8-12-19(13-9-16)21(18-6-4-3-5-7-18)20-14-10-17(2)11-15-20/h3-15H,1-2H3. The molecule has 0 fully saturated rings. The molecule has 0 amide bonds. The van der Waals surface area contributed by atoms with E-state index in [1.807, 2.05) is 0 Å². The zero-order valence-electron chi connectivity index (χ0n) is 12.5. The van der Waals surface area contributed by atoms with Gasteiger partial charge in [-0.15, -0.1) is 0 Å². The number of benzene rings is 3. The van der Waals surface area contributed by atoms with Crippen LogP contribution in [-0.2, 0) is 0 Å². The predicted octanol–water partition coefficient (Wildman–Crippen LogP) is 2.82. The largest absolute Gasteiger partial charge is 0.154 e. The van der Waals surface area contributed by atoms with E-state index >= 15 is 0 Å². The van der Waals surface area contributed by atoms with Crippen molar-refractivity contribution in [3.8, 4) is 0 Å². The molecule has 0 nitrogen and oxygen atoms in total. The lowest BCUT2D eigenvalue weighted by atomic mass is 10.2. The molecule has 0 unspecified atom stereocenters. The maximum atomic E-state index is 2.29. The van der Waals surface area contributed by atoms with Gasteiger partial charge in [-0.25, -0.2) is 0 Å². The van der Waals surface area contributed by atoms with Gasteiger partial charge >= 0.3 is 0 Å². The van der Waals surface area contributed by atoms with Gasteiger partial charge in [0.15, 0.2) is 8.80 Å². The highest BCUT2D eigenvalue weighted by Gasteiger charge is 2.18. The number of hydrogen-bond donors (Lipinski definition) is 0. The quantitative estimate of drug-likeness (QED) is 0.513. The molecule has 0 bridgehead atoms. The second kappa shape index (κ2) is 6.11. The van der Waals surface area contributed by atoms with Crippen molar-refractivity contribution in [3.63, 3.8) is 0 Å². The summed E-state index contributed by atoms with van der Waals surface area (Å²) in [5.41, 5.74) is 2.63. The van der Waals surface area contributed by atoms with Crippen molar-refractivity contribution >= 4 is 24.4 Å². The third-order valence-corrected chi connectivity index (χ3v) is 6.47. The smallest absolute Gasteiger partial charge is 0.0624 e. The molecule has 1 heteroatoms. The summed E-state index contributed by atoms with van der Waals surface area (Å²) in [6.45, 7) is 4.29. The third kappa shape index (κ3) is 3.14. The topological polar surface area (TPSA) is 0 Å². The fourth-order valence-electron chi connectivity index (χ4n) is 2.55. The summed E-state index contributed by atoms with van der Waals surface area (Å²) in [5, 5.41) is 4.33. The van der Waals surface area contributed by atoms with Crippen LogP contribution in [0.25, 0.3) is 0 Å². The van der Waals surface area contributed by atoms with E-state index in [1.54, 1.807) is 0 Å². The van der Waals surface area contributed by atoms with Crippen LogP contribution < -0.4 is 15.6 Å². The fourth-order valence-corrected chi connectivity index (χ4v) is 5.07. The molecule has 21 heavy (non-hydrogen) atoms.